The molecule has 0 fully saturated rings. The molecule has 0 bridgehead atoms. The lowest BCUT2D eigenvalue weighted by Crippen LogP contribution is -2.20. The van der Waals surface area contributed by atoms with Crippen molar-refractivity contribution in [3.05, 3.63) is 12.7 Å². The molecule has 0 N–H and O–H groups in total. The van der Waals surface area contributed by atoms with Gasteiger partial charge in [0, 0.05) is 4.83 Å². The minimum atomic E-state index is 0.526. The molecule has 0 radical (unpaired) electrons. The van der Waals surface area contributed by atoms with Gasteiger partial charge in [-0.3, -0.25) is 0 Å². The summed E-state index contributed by atoms with van der Waals surface area (Å²) in [5.41, 5.74) is 0.526. The molecule has 14 heavy (non-hydrogen) atoms. The summed E-state index contributed by atoms with van der Waals surface area (Å²) in [5, 5.41) is 0. The van der Waals surface area contributed by atoms with Crippen molar-refractivity contribution in [2.24, 2.45) is 5.41 Å². The zero-order valence-corrected chi connectivity index (χ0v) is 11.6. The van der Waals surface area contributed by atoms with Crippen molar-refractivity contribution >= 4 is 15.9 Å². The van der Waals surface area contributed by atoms with E-state index >= 15 is 0 Å². The molecule has 0 aliphatic heterocycles. The van der Waals surface area contributed by atoms with Crippen LogP contribution in [0.1, 0.15) is 59.3 Å². The Hall–Kier alpha value is 0.220. The first kappa shape index (κ1) is 14.2. The minimum absolute atomic E-state index is 0.526. The Morgan fingerprint density at radius 1 is 1.36 bits per heavy atom. The molecule has 0 aliphatic rings. The molecule has 0 amide bonds. The van der Waals surface area contributed by atoms with Crippen LogP contribution in [0.25, 0.3) is 0 Å². The molecule has 0 saturated carbocycles. The standard InChI is InChI=1S/C13H25Br/c1-5-9-13(7-3,10-6-2)11-8-12(4)14/h5,12H,1,6-11H2,2-4H3. The Bertz CT molecular complexity index is 151. The van der Waals surface area contributed by atoms with Crippen LogP contribution in [0, 0.1) is 5.41 Å². The number of alkyl halides is 1. The van der Waals surface area contributed by atoms with Crippen molar-refractivity contribution in [1.29, 1.82) is 0 Å². The molecule has 84 valence electrons. The first-order valence-corrected chi connectivity index (χ1v) is 6.76. The van der Waals surface area contributed by atoms with Gasteiger partial charge in [0.25, 0.3) is 0 Å². The molecule has 0 aromatic heterocycles. The normalized spacial score (nSPS) is 17.4. The summed E-state index contributed by atoms with van der Waals surface area (Å²) in [6.07, 6.45) is 9.80. The molecule has 0 nitrogen and oxygen atoms in total. The van der Waals surface area contributed by atoms with Crippen LogP contribution in [0.15, 0.2) is 12.7 Å². The highest BCUT2D eigenvalue weighted by molar-refractivity contribution is 9.09. The Labute approximate surface area is 98.3 Å². The van der Waals surface area contributed by atoms with E-state index < -0.39 is 0 Å². The number of hydrogen-bond donors (Lipinski definition) is 0. The number of allylic oxidation sites excluding steroid dienone is 1. The molecule has 0 aromatic rings. The van der Waals surface area contributed by atoms with E-state index in [1.54, 1.807) is 0 Å². The lowest BCUT2D eigenvalue weighted by molar-refractivity contribution is 0.224. The van der Waals surface area contributed by atoms with Gasteiger partial charge in [0.15, 0.2) is 0 Å². The average molecular weight is 261 g/mol. The largest absolute Gasteiger partial charge is 0.103 e. The van der Waals surface area contributed by atoms with Gasteiger partial charge < -0.3 is 0 Å². The Morgan fingerprint density at radius 3 is 2.36 bits per heavy atom. The van der Waals surface area contributed by atoms with Gasteiger partial charge in [0.2, 0.25) is 0 Å². The van der Waals surface area contributed by atoms with E-state index in [-0.39, 0.29) is 0 Å². The van der Waals surface area contributed by atoms with Gasteiger partial charge in [-0.2, -0.15) is 0 Å². The third-order valence-electron chi connectivity index (χ3n) is 3.18. The van der Waals surface area contributed by atoms with Crippen LogP contribution in [-0.4, -0.2) is 4.83 Å². The maximum atomic E-state index is 3.89. The van der Waals surface area contributed by atoms with Crippen molar-refractivity contribution in [3.63, 3.8) is 0 Å². The second-order valence-electron chi connectivity index (χ2n) is 4.42. The quantitative estimate of drug-likeness (QED) is 0.409. The van der Waals surface area contributed by atoms with Crippen LogP contribution in [-0.2, 0) is 0 Å². The van der Waals surface area contributed by atoms with Crippen LogP contribution in [0.2, 0.25) is 0 Å². The summed E-state index contributed by atoms with van der Waals surface area (Å²) < 4.78 is 0. The summed E-state index contributed by atoms with van der Waals surface area (Å²) in [5.74, 6) is 0. The first-order valence-electron chi connectivity index (χ1n) is 5.85. The average Bonchev–Trinajstić information content (AvgIpc) is 2.15. The van der Waals surface area contributed by atoms with E-state index in [1.807, 2.05) is 0 Å². The fourth-order valence-corrected chi connectivity index (χ4v) is 2.40. The SMILES string of the molecule is C=CCC(CC)(CCC)CCC(C)Br. The van der Waals surface area contributed by atoms with Gasteiger partial charge in [0.1, 0.15) is 0 Å². The molecule has 0 spiro atoms. The molecule has 2 unspecified atom stereocenters. The lowest BCUT2D eigenvalue weighted by atomic mass is 9.74. The maximum absolute atomic E-state index is 3.89. The van der Waals surface area contributed by atoms with Crippen molar-refractivity contribution in [2.75, 3.05) is 0 Å². The molecule has 0 heterocycles. The summed E-state index contributed by atoms with van der Waals surface area (Å²) in [7, 11) is 0. The van der Waals surface area contributed by atoms with E-state index in [0.717, 1.165) is 0 Å². The van der Waals surface area contributed by atoms with Gasteiger partial charge in [0.05, 0.1) is 0 Å². The van der Waals surface area contributed by atoms with E-state index in [9.17, 15) is 0 Å². The second kappa shape index (κ2) is 7.50. The van der Waals surface area contributed by atoms with Gasteiger partial charge in [-0.1, -0.05) is 55.6 Å². The predicted molar refractivity (Wildman–Crippen MR) is 70.1 cm³/mol. The van der Waals surface area contributed by atoms with E-state index in [4.69, 9.17) is 0 Å². The highest BCUT2D eigenvalue weighted by Gasteiger charge is 2.25. The molecule has 0 saturated heterocycles. The van der Waals surface area contributed by atoms with Crippen LogP contribution in [0.5, 0.6) is 0 Å². The number of halogens is 1. The minimum Gasteiger partial charge on any atom is -0.103 e. The Kier molecular flexibility index (Phi) is 7.62. The third-order valence-corrected chi connectivity index (χ3v) is 3.64. The third kappa shape index (κ3) is 5.19. The van der Waals surface area contributed by atoms with Crippen molar-refractivity contribution < 1.29 is 0 Å². The van der Waals surface area contributed by atoms with Gasteiger partial charge >= 0.3 is 0 Å². The zero-order chi connectivity index (χ0) is 11.0. The molecule has 2 atom stereocenters. The van der Waals surface area contributed by atoms with Crippen molar-refractivity contribution in [1.82, 2.24) is 0 Å². The summed E-state index contributed by atoms with van der Waals surface area (Å²) in [6.45, 7) is 10.7. The Morgan fingerprint density at radius 2 is 2.00 bits per heavy atom. The highest BCUT2D eigenvalue weighted by atomic mass is 79.9. The number of rotatable bonds is 8. The monoisotopic (exact) mass is 260 g/mol. The van der Waals surface area contributed by atoms with Crippen LogP contribution >= 0.6 is 15.9 Å². The number of hydrogen-bond acceptors (Lipinski definition) is 0. The summed E-state index contributed by atoms with van der Waals surface area (Å²) in [6, 6.07) is 0. The van der Waals surface area contributed by atoms with Gasteiger partial charge in [-0.15, -0.1) is 6.58 Å². The molecule has 0 aromatic carbocycles. The van der Waals surface area contributed by atoms with E-state index in [1.165, 1.54) is 38.5 Å². The highest BCUT2D eigenvalue weighted by Crippen LogP contribution is 2.38. The van der Waals surface area contributed by atoms with E-state index in [0.29, 0.717) is 10.2 Å². The fraction of sp³-hybridized carbons (Fsp3) is 0.846. The van der Waals surface area contributed by atoms with Gasteiger partial charge in [-0.25, -0.2) is 0 Å². The molecular formula is C13H25Br. The van der Waals surface area contributed by atoms with Crippen LogP contribution in [0.3, 0.4) is 0 Å². The van der Waals surface area contributed by atoms with Crippen molar-refractivity contribution in [2.45, 2.75) is 64.1 Å². The second-order valence-corrected chi connectivity index (χ2v) is 5.98. The van der Waals surface area contributed by atoms with E-state index in [2.05, 4.69) is 49.4 Å². The smallest absolute Gasteiger partial charge is 0.0117 e. The van der Waals surface area contributed by atoms with Crippen LogP contribution < -0.4 is 0 Å². The first-order chi connectivity index (χ1) is 6.60. The Balaban J connectivity index is 4.24. The predicted octanol–water partition coefficient (Wildman–Crippen LogP) is 5.32. The molecule has 0 rings (SSSR count). The summed E-state index contributed by atoms with van der Waals surface area (Å²) >= 11 is 3.63. The maximum Gasteiger partial charge on any atom is 0.0117 e. The molecular weight excluding hydrogens is 236 g/mol. The van der Waals surface area contributed by atoms with Crippen LogP contribution in [0.4, 0.5) is 0 Å². The fourth-order valence-electron chi connectivity index (χ4n) is 2.17. The van der Waals surface area contributed by atoms with Crippen molar-refractivity contribution in [3.8, 4) is 0 Å². The zero-order valence-electron chi connectivity index (χ0n) is 9.98. The topological polar surface area (TPSA) is 0 Å². The molecule has 1 heteroatoms. The van der Waals surface area contributed by atoms with Gasteiger partial charge in [-0.05, 0) is 31.1 Å². The lowest BCUT2D eigenvalue weighted by Gasteiger charge is -2.32. The summed E-state index contributed by atoms with van der Waals surface area (Å²) in [4.78, 5) is 0.648. The molecule has 0 aliphatic carbocycles.